The molecule has 0 radical (unpaired) electrons. The first-order valence-corrected chi connectivity index (χ1v) is 14.4. The topological polar surface area (TPSA) is 3.88 Å². The van der Waals surface area contributed by atoms with Crippen LogP contribution in [0, 0.1) is 31.6 Å². The average Bonchev–Trinajstić information content (AvgIpc) is 3.22. The molecule has 2 fully saturated rings. The van der Waals surface area contributed by atoms with Gasteiger partial charge in [-0.25, -0.2) is 4.57 Å². The van der Waals surface area contributed by atoms with Crippen LogP contribution in [0.4, 0.5) is 0 Å². The fourth-order valence-corrected chi connectivity index (χ4v) is 7.68. The minimum absolute atomic E-state index is 0.572. The molecule has 3 aliphatic carbocycles. The molecule has 2 aromatic carbocycles. The molecule has 1 heteroatoms. The van der Waals surface area contributed by atoms with Crippen LogP contribution in [0.3, 0.4) is 0 Å². The van der Waals surface area contributed by atoms with Crippen LogP contribution in [0.25, 0.3) is 22.4 Å². The van der Waals surface area contributed by atoms with Crippen LogP contribution in [0.2, 0.25) is 0 Å². The molecule has 0 amide bonds. The van der Waals surface area contributed by atoms with E-state index in [2.05, 4.69) is 88.8 Å². The van der Waals surface area contributed by atoms with E-state index in [1.807, 2.05) is 0 Å². The van der Waals surface area contributed by atoms with Crippen molar-refractivity contribution in [2.45, 2.75) is 98.3 Å². The molecule has 0 unspecified atom stereocenters. The maximum atomic E-state index is 2.58. The van der Waals surface area contributed by atoms with Crippen LogP contribution in [-0.4, -0.2) is 0 Å². The Kier molecular flexibility index (Phi) is 5.71. The van der Waals surface area contributed by atoms with E-state index in [4.69, 9.17) is 0 Å². The van der Waals surface area contributed by atoms with Crippen LogP contribution in [0.1, 0.15) is 105 Å². The Morgan fingerprint density at radius 1 is 0.750 bits per heavy atom. The molecule has 188 valence electrons. The predicted octanol–water partition coefficient (Wildman–Crippen LogP) is 8.92. The molecule has 1 aromatic heterocycles. The number of nitrogens with zero attached hydrogens (tertiary/aromatic N) is 1. The van der Waals surface area contributed by atoms with E-state index in [0.29, 0.717) is 10.8 Å². The molecule has 0 saturated heterocycles. The number of fused-ring (bicyclic) bond motifs is 3. The molecule has 1 heterocycles. The maximum Gasteiger partial charge on any atom is 0.213 e. The highest BCUT2D eigenvalue weighted by Gasteiger charge is 2.41. The lowest BCUT2D eigenvalue weighted by Gasteiger charge is -2.47. The van der Waals surface area contributed by atoms with Gasteiger partial charge in [-0.3, -0.25) is 0 Å². The van der Waals surface area contributed by atoms with Gasteiger partial charge in [0.1, 0.15) is 7.05 Å². The Labute approximate surface area is 219 Å². The second-order valence-electron chi connectivity index (χ2n) is 13.5. The Bertz CT molecular complexity index is 1320. The molecule has 0 atom stereocenters. The molecule has 1 spiro atoms. The Balaban J connectivity index is 1.27. The third kappa shape index (κ3) is 4.04. The van der Waals surface area contributed by atoms with Gasteiger partial charge in [0.05, 0.1) is 5.56 Å². The molecule has 1 nitrogen and oxygen atoms in total. The smallest absolute Gasteiger partial charge is 0.201 e. The molecule has 6 rings (SSSR count). The summed E-state index contributed by atoms with van der Waals surface area (Å²) in [5.41, 5.74) is 15.7. The highest BCUT2D eigenvalue weighted by Crippen LogP contribution is 2.55. The summed E-state index contributed by atoms with van der Waals surface area (Å²) in [6.07, 6.45) is 14.8. The molecule has 3 aromatic rings. The third-order valence-electron chi connectivity index (χ3n) is 10.5. The molecular formula is C35H44N+. The van der Waals surface area contributed by atoms with Gasteiger partial charge in [0.25, 0.3) is 0 Å². The zero-order valence-corrected chi connectivity index (χ0v) is 23.4. The van der Waals surface area contributed by atoms with Crippen LogP contribution < -0.4 is 4.57 Å². The highest BCUT2D eigenvalue weighted by molar-refractivity contribution is 5.85. The third-order valence-corrected chi connectivity index (χ3v) is 10.5. The van der Waals surface area contributed by atoms with Crippen molar-refractivity contribution >= 4 is 0 Å². The number of pyridine rings is 1. The zero-order valence-electron chi connectivity index (χ0n) is 23.4. The van der Waals surface area contributed by atoms with Crippen molar-refractivity contribution in [3.8, 4) is 22.4 Å². The summed E-state index contributed by atoms with van der Waals surface area (Å²) in [6.45, 7) is 11.7. The molecule has 2 saturated carbocycles. The number of benzene rings is 2. The largest absolute Gasteiger partial charge is 0.213 e. The van der Waals surface area contributed by atoms with Crippen molar-refractivity contribution in [1.82, 2.24) is 0 Å². The van der Waals surface area contributed by atoms with E-state index in [1.54, 1.807) is 11.1 Å². The van der Waals surface area contributed by atoms with Crippen LogP contribution >= 0.6 is 0 Å². The quantitative estimate of drug-likeness (QED) is 0.253. The Morgan fingerprint density at radius 2 is 1.44 bits per heavy atom. The maximum absolute atomic E-state index is 2.58. The number of aryl methyl sites for hydroxylation is 4. The number of rotatable bonds is 2. The molecule has 0 bridgehead atoms. The van der Waals surface area contributed by atoms with E-state index in [9.17, 15) is 0 Å². The van der Waals surface area contributed by atoms with Gasteiger partial charge in [0.15, 0.2) is 6.20 Å². The van der Waals surface area contributed by atoms with Crippen molar-refractivity contribution < 1.29 is 4.57 Å². The fourth-order valence-electron chi connectivity index (χ4n) is 7.68. The van der Waals surface area contributed by atoms with Gasteiger partial charge in [-0.15, -0.1) is 0 Å². The molecule has 0 N–H and O–H groups in total. The van der Waals surface area contributed by atoms with Gasteiger partial charge in [-0.1, -0.05) is 44.2 Å². The standard InChI is InChI=1S/C35H44N/c1-23-7-9-30-29-10-8-27(26-11-13-35(14-12-26)17-15-34(4,5)16-18-35)20-28(29)21-31(30)33(23)32-19-24(2)25(3)22-36(32)6/h7-10,19-20,22,26H,11-18,21H2,1-6H3/q+1. The van der Waals surface area contributed by atoms with E-state index in [0.717, 1.165) is 12.3 Å². The zero-order chi connectivity index (χ0) is 25.2. The Morgan fingerprint density at radius 3 is 2.17 bits per heavy atom. The summed E-state index contributed by atoms with van der Waals surface area (Å²) < 4.78 is 2.32. The lowest BCUT2D eigenvalue weighted by molar-refractivity contribution is -0.660. The second kappa shape index (κ2) is 8.57. The summed E-state index contributed by atoms with van der Waals surface area (Å²) in [7, 11) is 2.20. The van der Waals surface area contributed by atoms with Crippen molar-refractivity contribution in [1.29, 1.82) is 0 Å². The van der Waals surface area contributed by atoms with Gasteiger partial charge in [0, 0.05) is 11.6 Å². The lowest BCUT2D eigenvalue weighted by Crippen LogP contribution is -2.34. The van der Waals surface area contributed by atoms with Crippen molar-refractivity contribution in [3.63, 3.8) is 0 Å². The van der Waals surface area contributed by atoms with Gasteiger partial charge < -0.3 is 0 Å². The van der Waals surface area contributed by atoms with Crippen LogP contribution in [0.15, 0.2) is 42.6 Å². The normalized spacial score (nSPS) is 20.4. The first kappa shape index (κ1) is 24.0. The highest BCUT2D eigenvalue weighted by atomic mass is 14.9. The van der Waals surface area contributed by atoms with Crippen molar-refractivity contribution in [3.05, 3.63) is 76.0 Å². The summed E-state index contributed by atoms with van der Waals surface area (Å²) in [5, 5.41) is 0. The summed E-state index contributed by atoms with van der Waals surface area (Å²) in [6, 6.07) is 14.6. The van der Waals surface area contributed by atoms with E-state index < -0.39 is 0 Å². The monoisotopic (exact) mass is 478 g/mol. The van der Waals surface area contributed by atoms with Gasteiger partial charge in [-0.2, -0.15) is 0 Å². The van der Waals surface area contributed by atoms with Crippen LogP contribution in [0.5, 0.6) is 0 Å². The number of hydrogen-bond donors (Lipinski definition) is 0. The molecule has 36 heavy (non-hydrogen) atoms. The first-order chi connectivity index (χ1) is 17.1. The second-order valence-corrected chi connectivity index (χ2v) is 13.5. The number of aromatic nitrogens is 1. The lowest BCUT2D eigenvalue weighted by atomic mass is 9.58. The SMILES string of the molecule is Cc1cc(-c2c(C)ccc3c2Cc2cc(C4CCC5(CC4)CCC(C)(C)CC5)ccc2-3)[n+](C)cc1C. The number of hydrogen-bond acceptors (Lipinski definition) is 0. The van der Waals surface area contributed by atoms with Gasteiger partial charge in [-0.05, 0) is 134 Å². The van der Waals surface area contributed by atoms with E-state index in [1.165, 1.54) is 96.0 Å². The predicted molar refractivity (Wildman–Crippen MR) is 151 cm³/mol. The van der Waals surface area contributed by atoms with Gasteiger partial charge in [0.2, 0.25) is 5.69 Å². The molecular weight excluding hydrogens is 434 g/mol. The van der Waals surface area contributed by atoms with Crippen LogP contribution in [-0.2, 0) is 13.5 Å². The summed E-state index contributed by atoms with van der Waals surface area (Å²) >= 11 is 0. The fraction of sp³-hybridized carbons (Fsp3) is 0.514. The molecule has 3 aliphatic rings. The minimum atomic E-state index is 0.572. The van der Waals surface area contributed by atoms with Crippen molar-refractivity contribution in [2.75, 3.05) is 0 Å². The van der Waals surface area contributed by atoms with Crippen molar-refractivity contribution in [2.24, 2.45) is 17.9 Å². The Hall–Kier alpha value is -2.41. The average molecular weight is 479 g/mol. The first-order valence-electron chi connectivity index (χ1n) is 14.4. The molecule has 0 aliphatic heterocycles. The summed E-state index contributed by atoms with van der Waals surface area (Å²) in [4.78, 5) is 0. The summed E-state index contributed by atoms with van der Waals surface area (Å²) in [5.74, 6) is 0.748. The van der Waals surface area contributed by atoms with E-state index >= 15 is 0 Å². The van der Waals surface area contributed by atoms with E-state index in [-0.39, 0.29) is 0 Å². The van der Waals surface area contributed by atoms with Gasteiger partial charge >= 0.3 is 0 Å². The minimum Gasteiger partial charge on any atom is -0.201 e.